The molecule has 2 unspecified atom stereocenters. The molecule has 0 saturated heterocycles. The second-order valence-corrected chi connectivity index (χ2v) is 5.23. The average Bonchev–Trinajstić information content (AvgIpc) is 2.78. The predicted molar refractivity (Wildman–Crippen MR) is 70.1 cm³/mol. The van der Waals surface area contributed by atoms with Crippen LogP contribution in [-0.4, -0.2) is 11.9 Å². The van der Waals surface area contributed by atoms with Crippen molar-refractivity contribution < 1.29 is 4.39 Å². The topological polar surface area (TPSA) is 12.0 Å². The SMILES string of the molecule is Fc1cccc(CNC2CCCC2CCl)c1Cl. The molecular formula is C13H16Cl2FN. The van der Waals surface area contributed by atoms with Crippen LogP contribution in [0.2, 0.25) is 5.02 Å². The maximum atomic E-state index is 13.2. The van der Waals surface area contributed by atoms with Crippen LogP contribution in [0.25, 0.3) is 0 Å². The third-order valence-electron chi connectivity index (χ3n) is 3.44. The second-order valence-electron chi connectivity index (χ2n) is 4.55. The van der Waals surface area contributed by atoms with Gasteiger partial charge in [0.25, 0.3) is 0 Å². The van der Waals surface area contributed by atoms with Crippen molar-refractivity contribution in [1.82, 2.24) is 5.32 Å². The van der Waals surface area contributed by atoms with E-state index in [1.165, 1.54) is 18.9 Å². The highest BCUT2D eigenvalue weighted by Crippen LogP contribution is 2.27. The largest absolute Gasteiger partial charge is 0.310 e. The van der Waals surface area contributed by atoms with E-state index in [9.17, 15) is 4.39 Å². The third kappa shape index (κ3) is 3.12. The predicted octanol–water partition coefficient (Wildman–Crippen LogP) is 3.98. The summed E-state index contributed by atoms with van der Waals surface area (Å²) in [6, 6.07) is 5.35. The Morgan fingerprint density at radius 3 is 2.94 bits per heavy atom. The van der Waals surface area contributed by atoms with Crippen LogP contribution in [0.4, 0.5) is 4.39 Å². The lowest BCUT2D eigenvalue weighted by atomic mass is 10.1. The number of rotatable bonds is 4. The summed E-state index contributed by atoms with van der Waals surface area (Å²) >= 11 is 11.8. The first-order valence-electron chi connectivity index (χ1n) is 5.94. The quantitative estimate of drug-likeness (QED) is 0.820. The minimum Gasteiger partial charge on any atom is -0.310 e. The van der Waals surface area contributed by atoms with Gasteiger partial charge in [-0.2, -0.15) is 0 Å². The Hall–Kier alpha value is -0.310. The number of nitrogens with one attached hydrogen (secondary N) is 1. The molecule has 94 valence electrons. The van der Waals surface area contributed by atoms with Gasteiger partial charge in [-0.25, -0.2) is 4.39 Å². The van der Waals surface area contributed by atoms with E-state index in [0.717, 1.165) is 12.0 Å². The molecule has 0 bridgehead atoms. The molecule has 0 spiro atoms. The Bertz CT molecular complexity index is 384. The summed E-state index contributed by atoms with van der Waals surface area (Å²) in [4.78, 5) is 0. The van der Waals surface area contributed by atoms with Crippen molar-refractivity contribution in [3.05, 3.63) is 34.6 Å². The van der Waals surface area contributed by atoms with Crippen molar-refractivity contribution >= 4 is 23.2 Å². The zero-order valence-electron chi connectivity index (χ0n) is 9.56. The van der Waals surface area contributed by atoms with E-state index >= 15 is 0 Å². The highest BCUT2D eigenvalue weighted by molar-refractivity contribution is 6.31. The lowest BCUT2D eigenvalue weighted by Gasteiger charge is -2.19. The Balaban J connectivity index is 1.95. The number of benzene rings is 1. The standard InChI is InChI=1S/C13H16Cl2FN/c14-7-9-3-2-6-12(9)17-8-10-4-1-5-11(16)13(10)15/h1,4-5,9,12,17H,2-3,6-8H2. The van der Waals surface area contributed by atoms with Gasteiger partial charge in [-0.1, -0.05) is 30.2 Å². The van der Waals surface area contributed by atoms with Gasteiger partial charge in [0.15, 0.2) is 0 Å². The smallest absolute Gasteiger partial charge is 0.142 e. The van der Waals surface area contributed by atoms with Crippen LogP contribution in [0.5, 0.6) is 0 Å². The Morgan fingerprint density at radius 2 is 2.18 bits per heavy atom. The molecule has 2 atom stereocenters. The Labute approximate surface area is 111 Å². The van der Waals surface area contributed by atoms with Crippen molar-refractivity contribution in [2.75, 3.05) is 5.88 Å². The van der Waals surface area contributed by atoms with Gasteiger partial charge in [-0.15, -0.1) is 11.6 Å². The summed E-state index contributed by atoms with van der Waals surface area (Å²) in [6.45, 7) is 0.606. The molecule has 4 heteroatoms. The zero-order chi connectivity index (χ0) is 12.3. The fraction of sp³-hybridized carbons (Fsp3) is 0.538. The molecule has 1 aliphatic carbocycles. The zero-order valence-corrected chi connectivity index (χ0v) is 11.1. The van der Waals surface area contributed by atoms with E-state index in [1.807, 2.05) is 6.07 Å². The second kappa shape index (κ2) is 6.03. The Morgan fingerprint density at radius 1 is 1.35 bits per heavy atom. The summed E-state index contributed by atoms with van der Waals surface area (Å²) in [6.07, 6.45) is 3.54. The van der Waals surface area contributed by atoms with Crippen molar-refractivity contribution in [3.8, 4) is 0 Å². The van der Waals surface area contributed by atoms with Crippen LogP contribution >= 0.6 is 23.2 Å². The fourth-order valence-electron chi connectivity index (χ4n) is 2.42. The van der Waals surface area contributed by atoms with Crippen molar-refractivity contribution in [2.24, 2.45) is 5.92 Å². The fourth-order valence-corrected chi connectivity index (χ4v) is 2.98. The van der Waals surface area contributed by atoms with E-state index in [0.29, 0.717) is 24.4 Å². The molecule has 0 aromatic heterocycles. The molecule has 1 aliphatic rings. The van der Waals surface area contributed by atoms with Gasteiger partial charge in [0.05, 0.1) is 5.02 Å². The van der Waals surface area contributed by atoms with Crippen LogP contribution in [0.1, 0.15) is 24.8 Å². The van der Waals surface area contributed by atoms with Gasteiger partial charge in [-0.3, -0.25) is 0 Å². The average molecular weight is 276 g/mol. The lowest BCUT2D eigenvalue weighted by Crippen LogP contribution is -2.32. The summed E-state index contributed by atoms with van der Waals surface area (Å²) in [7, 11) is 0. The van der Waals surface area contributed by atoms with Crippen molar-refractivity contribution in [1.29, 1.82) is 0 Å². The first-order valence-corrected chi connectivity index (χ1v) is 6.86. The minimum atomic E-state index is -0.355. The number of hydrogen-bond acceptors (Lipinski definition) is 1. The van der Waals surface area contributed by atoms with Crippen molar-refractivity contribution in [3.63, 3.8) is 0 Å². The Kier molecular flexibility index (Phi) is 4.66. The lowest BCUT2D eigenvalue weighted by molar-refractivity contribution is 0.429. The molecule has 1 fully saturated rings. The minimum absolute atomic E-state index is 0.223. The number of halogens is 3. The van der Waals surface area contributed by atoms with Crippen molar-refractivity contribution in [2.45, 2.75) is 31.8 Å². The maximum absolute atomic E-state index is 13.2. The summed E-state index contributed by atoms with van der Waals surface area (Å²) in [5.41, 5.74) is 0.812. The number of hydrogen-bond donors (Lipinski definition) is 1. The molecule has 1 saturated carbocycles. The summed E-state index contributed by atoms with van der Waals surface area (Å²) < 4.78 is 13.2. The molecule has 1 aromatic carbocycles. The van der Waals surface area contributed by atoms with Gasteiger partial charge in [-0.05, 0) is 30.4 Å². The first kappa shape index (κ1) is 13.1. The monoisotopic (exact) mass is 275 g/mol. The van der Waals surface area contributed by atoms with Crippen LogP contribution in [0.3, 0.4) is 0 Å². The maximum Gasteiger partial charge on any atom is 0.142 e. The molecule has 0 radical (unpaired) electrons. The van der Waals surface area contributed by atoms with Gasteiger partial charge >= 0.3 is 0 Å². The molecular weight excluding hydrogens is 260 g/mol. The normalized spacial score (nSPS) is 24.2. The molecule has 0 amide bonds. The van der Waals surface area contributed by atoms with Crippen LogP contribution < -0.4 is 5.32 Å². The van der Waals surface area contributed by atoms with Gasteiger partial charge in [0.1, 0.15) is 5.82 Å². The molecule has 2 rings (SSSR count). The molecule has 1 nitrogen and oxygen atoms in total. The van der Waals surface area contributed by atoms with Gasteiger partial charge < -0.3 is 5.32 Å². The first-order chi connectivity index (χ1) is 8.22. The van der Waals surface area contributed by atoms with Crippen LogP contribution in [0.15, 0.2) is 18.2 Å². The molecule has 17 heavy (non-hydrogen) atoms. The van der Waals surface area contributed by atoms with E-state index in [1.54, 1.807) is 6.07 Å². The molecule has 1 aromatic rings. The highest BCUT2D eigenvalue weighted by atomic mass is 35.5. The summed E-state index contributed by atoms with van der Waals surface area (Å²) in [5, 5.41) is 3.65. The number of alkyl halides is 1. The molecule has 0 heterocycles. The highest BCUT2D eigenvalue weighted by Gasteiger charge is 2.25. The van der Waals surface area contributed by atoms with Crippen LogP contribution in [-0.2, 0) is 6.54 Å². The van der Waals surface area contributed by atoms with E-state index in [2.05, 4.69) is 5.32 Å². The van der Waals surface area contributed by atoms with E-state index in [4.69, 9.17) is 23.2 Å². The van der Waals surface area contributed by atoms with E-state index < -0.39 is 0 Å². The van der Waals surface area contributed by atoms with E-state index in [-0.39, 0.29) is 10.8 Å². The third-order valence-corrected chi connectivity index (χ3v) is 4.26. The molecule has 0 aliphatic heterocycles. The molecule has 1 N–H and O–H groups in total. The van der Waals surface area contributed by atoms with Crippen LogP contribution in [0, 0.1) is 11.7 Å². The summed E-state index contributed by atoms with van der Waals surface area (Å²) in [5.74, 6) is 0.865. The van der Waals surface area contributed by atoms with Gasteiger partial charge in [0, 0.05) is 18.5 Å². The van der Waals surface area contributed by atoms with Gasteiger partial charge in [0.2, 0.25) is 0 Å².